The molecule has 2 amide bonds. The van der Waals surface area contributed by atoms with E-state index in [0.29, 0.717) is 12.1 Å². The molecule has 1 heterocycles. The summed E-state index contributed by atoms with van der Waals surface area (Å²) in [6.45, 7) is 6.99. The van der Waals surface area contributed by atoms with E-state index < -0.39 is 15.9 Å². The Labute approximate surface area is 177 Å². The van der Waals surface area contributed by atoms with Crippen LogP contribution < -0.4 is 10.2 Å². The fourth-order valence-corrected chi connectivity index (χ4v) is 5.14. The number of hydrogen-bond donors (Lipinski definition) is 1. The van der Waals surface area contributed by atoms with E-state index in [0.717, 1.165) is 26.7 Å². The second kappa shape index (κ2) is 8.20. The quantitative estimate of drug-likeness (QED) is 0.792. The number of anilines is 2. The summed E-state index contributed by atoms with van der Waals surface area (Å²) in [4.78, 5) is 26.1. The lowest BCUT2D eigenvalue weighted by Crippen LogP contribution is -2.35. The Kier molecular flexibility index (Phi) is 6.01. The van der Waals surface area contributed by atoms with E-state index in [1.165, 1.54) is 20.0 Å². The van der Waals surface area contributed by atoms with Gasteiger partial charge in [-0.1, -0.05) is 6.07 Å². The van der Waals surface area contributed by atoms with Gasteiger partial charge in [-0.15, -0.1) is 0 Å². The molecule has 1 aliphatic rings. The summed E-state index contributed by atoms with van der Waals surface area (Å²) in [6, 6.07) is 10.4. The molecular formula is C22H27N3O4S. The number of aryl methyl sites for hydroxylation is 2. The number of nitrogens with one attached hydrogen (secondary N) is 1. The third-order valence-corrected chi connectivity index (χ3v) is 6.99. The van der Waals surface area contributed by atoms with Crippen LogP contribution in [0.4, 0.5) is 11.4 Å². The molecule has 3 rings (SSSR count). The Morgan fingerprint density at radius 2 is 1.77 bits per heavy atom. The maximum atomic E-state index is 13.0. The SMILES string of the molecule is CC(=O)N1c2ccc(S(=O)(=O)N(C)CC(=O)Nc3cc(C)cc(C)c3)cc2C[C@@H]1C. The molecule has 160 valence electrons. The molecular weight excluding hydrogens is 402 g/mol. The maximum absolute atomic E-state index is 13.0. The van der Waals surface area contributed by atoms with Gasteiger partial charge in [0.05, 0.1) is 11.4 Å². The van der Waals surface area contributed by atoms with Crippen LogP contribution in [0.5, 0.6) is 0 Å². The lowest BCUT2D eigenvalue weighted by atomic mass is 10.1. The molecule has 2 aromatic carbocycles. The largest absolute Gasteiger partial charge is 0.325 e. The lowest BCUT2D eigenvalue weighted by molar-refractivity contribution is -0.117. The number of hydrogen-bond acceptors (Lipinski definition) is 4. The molecule has 0 aromatic heterocycles. The van der Waals surface area contributed by atoms with Gasteiger partial charge in [0.1, 0.15) is 0 Å². The zero-order chi connectivity index (χ0) is 22.2. The lowest BCUT2D eigenvalue weighted by Gasteiger charge is -2.21. The molecule has 0 bridgehead atoms. The molecule has 1 atom stereocenters. The highest BCUT2D eigenvalue weighted by molar-refractivity contribution is 7.89. The first-order valence-electron chi connectivity index (χ1n) is 9.76. The molecule has 2 aromatic rings. The summed E-state index contributed by atoms with van der Waals surface area (Å²) in [5.41, 5.74) is 4.21. The number of sulfonamides is 1. The van der Waals surface area contributed by atoms with Crippen molar-refractivity contribution in [2.75, 3.05) is 23.8 Å². The van der Waals surface area contributed by atoms with Crippen LogP contribution in [0, 0.1) is 13.8 Å². The van der Waals surface area contributed by atoms with Crippen LogP contribution in [0.2, 0.25) is 0 Å². The Morgan fingerprint density at radius 1 is 1.13 bits per heavy atom. The average Bonchev–Trinajstić information content (AvgIpc) is 2.95. The van der Waals surface area contributed by atoms with E-state index in [-0.39, 0.29) is 23.4 Å². The minimum atomic E-state index is -3.85. The van der Waals surface area contributed by atoms with Gasteiger partial charge in [-0.25, -0.2) is 8.42 Å². The predicted octanol–water partition coefficient (Wildman–Crippen LogP) is 2.86. The van der Waals surface area contributed by atoms with Gasteiger partial charge in [0.2, 0.25) is 21.8 Å². The third kappa shape index (κ3) is 4.39. The van der Waals surface area contributed by atoms with Crippen LogP contribution in [0.3, 0.4) is 0 Å². The monoisotopic (exact) mass is 429 g/mol. The first-order chi connectivity index (χ1) is 14.0. The molecule has 30 heavy (non-hydrogen) atoms. The number of rotatable bonds is 5. The second-order valence-electron chi connectivity index (χ2n) is 7.92. The van der Waals surface area contributed by atoms with Crippen molar-refractivity contribution in [1.29, 1.82) is 0 Å². The van der Waals surface area contributed by atoms with Gasteiger partial charge >= 0.3 is 0 Å². The van der Waals surface area contributed by atoms with E-state index in [1.807, 2.05) is 39.0 Å². The van der Waals surface area contributed by atoms with E-state index in [4.69, 9.17) is 0 Å². The molecule has 0 spiro atoms. The van der Waals surface area contributed by atoms with Gasteiger partial charge in [0.25, 0.3) is 0 Å². The minimum Gasteiger partial charge on any atom is -0.325 e. The fraction of sp³-hybridized carbons (Fsp3) is 0.364. The first kappa shape index (κ1) is 22.0. The van der Waals surface area contributed by atoms with Crippen LogP contribution in [0.15, 0.2) is 41.3 Å². The fourth-order valence-electron chi connectivity index (χ4n) is 3.96. The van der Waals surface area contributed by atoms with Gasteiger partial charge in [-0.2, -0.15) is 4.31 Å². The Morgan fingerprint density at radius 3 is 2.37 bits per heavy atom. The summed E-state index contributed by atoms with van der Waals surface area (Å²) in [5.74, 6) is -0.486. The molecule has 1 aliphatic heterocycles. The Bertz CT molecular complexity index is 1090. The van der Waals surface area contributed by atoms with Crippen LogP contribution in [0.1, 0.15) is 30.5 Å². The molecule has 0 saturated heterocycles. The van der Waals surface area contributed by atoms with Gasteiger partial charge in [-0.3, -0.25) is 9.59 Å². The molecule has 0 aliphatic carbocycles. The Hall–Kier alpha value is -2.71. The van der Waals surface area contributed by atoms with Crippen molar-refractivity contribution in [3.05, 3.63) is 53.1 Å². The van der Waals surface area contributed by atoms with Crippen molar-refractivity contribution in [1.82, 2.24) is 4.31 Å². The van der Waals surface area contributed by atoms with Crippen LogP contribution in [-0.4, -0.2) is 44.2 Å². The number of fused-ring (bicyclic) bond motifs is 1. The summed E-state index contributed by atoms with van der Waals surface area (Å²) < 4.78 is 27.0. The molecule has 0 saturated carbocycles. The van der Waals surface area contributed by atoms with Gasteiger partial charge in [0.15, 0.2) is 0 Å². The molecule has 7 nitrogen and oxygen atoms in total. The second-order valence-corrected chi connectivity index (χ2v) is 9.96. The predicted molar refractivity (Wildman–Crippen MR) is 117 cm³/mol. The number of likely N-dealkylation sites (N-methyl/N-ethyl adjacent to an activating group) is 1. The number of carbonyl (C=O) groups is 2. The normalized spacial score (nSPS) is 15.9. The summed E-state index contributed by atoms with van der Waals surface area (Å²) in [7, 11) is -2.47. The number of nitrogens with zero attached hydrogens (tertiary/aromatic N) is 2. The number of carbonyl (C=O) groups excluding carboxylic acids is 2. The van der Waals surface area contributed by atoms with Crippen LogP contribution >= 0.6 is 0 Å². The standard InChI is InChI=1S/C22H27N3O4S/c1-14-8-15(2)10-19(9-14)23-22(27)13-24(5)30(28,29)20-6-7-21-18(12-20)11-16(3)25(21)17(4)26/h6-10,12,16H,11,13H2,1-5H3,(H,23,27)/t16-/m0/s1. The van der Waals surface area contributed by atoms with Gasteiger partial charge < -0.3 is 10.2 Å². The number of amides is 2. The van der Waals surface area contributed by atoms with Crippen molar-refractivity contribution in [3.63, 3.8) is 0 Å². The van der Waals surface area contributed by atoms with Gasteiger partial charge in [0, 0.05) is 31.4 Å². The van der Waals surface area contributed by atoms with E-state index in [9.17, 15) is 18.0 Å². The van der Waals surface area contributed by atoms with E-state index in [1.54, 1.807) is 17.0 Å². The summed E-state index contributed by atoms with van der Waals surface area (Å²) in [5, 5.41) is 2.75. The van der Waals surface area contributed by atoms with Crippen molar-refractivity contribution in [2.24, 2.45) is 0 Å². The first-order valence-corrected chi connectivity index (χ1v) is 11.2. The topological polar surface area (TPSA) is 86.8 Å². The average molecular weight is 430 g/mol. The highest BCUT2D eigenvalue weighted by atomic mass is 32.2. The van der Waals surface area contributed by atoms with E-state index in [2.05, 4.69) is 5.32 Å². The maximum Gasteiger partial charge on any atom is 0.243 e. The summed E-state index contributed by atoms with van der Waals surface area (Å²) >= 11 is 0. The van der Waals surface area contributed by atoms with E-state index >= 15 is 0 Å². The highest BCUT2D eigenvalue weighted by Crippen LogP contribution is 2.34. The van der Waals surface area contributed by atoms with Crippen LogP contribution in [0.25, 0.3) is 0 Å². The molecule has 0 radical (unpaired) electrons. The molecule has 0 fully saturated rings. The van der Waals surface area contributed by atoms with Crippen LogP contribution in [-0.2, 0) is 26.0 Å². The van der Waals surface area contributed by atoms with Crippen molar-refractivity contribution in [3.8, 4) is 0 Å². The Balaban J connectivity index is 1.76. The third-order valence-electron chi connectivity index (χ3n) is 5.19. The van der Waals surface area contributed by atoms with Gasteiger partial charge in [-0.05, 0) is 74.2 Å². The summed E-state index contributed by atoms with van der Waals surface area (Å²) in [6.07, 6.45) is 0.592. The molecule has 0 unspecified atom stereocenters. The highest BCUT2D eigenvalue weighted by Gasteiger charge is 2.31. The van der Waals surface area contributed by atoms with Crippen molar-refractivity contribution in [2.45, 2.75) is 45.1 Å². The zero-order valence-electron chi connectivity index (χ0n) is 17.9. The molecule has 8 heteroatoms. The minimum absolute atomic E-state index is 0.0169. The molecule has 1 N–H and O–H groups in total. The van der Waals surface area contributed by atoms with Crippen molar-refractivity contribution >= 4 is 33.2 Å². The van der Waals surface area contributed by atoms with Crippen molar-refractivity contribution < 1.29 is 18.0 Å². The zero-order valence-corrected chi connectivity index (χ0v) is 18.7. The smallest absolute Gasteiger partial charge is 0.243 e. The number of benzene rings is 2.